The van der Waals surface area contributed by atoms with Crippen molar-refractivity contribution in [2.24, 2.45) is 11.8 Å². The third kappa shape index (κ3) is 9.18. The molecule has 8 nitrogen and oxygen atoms in total. The summed E-state index contributed by atoms with van der Waals surface area (Å²) in [6, 6.07) is -0.529. The number of morpholine rings is 1. The number of nitrogens with zero attached hydrogens (tertiary/aromatic N) is 1. The van der Waals surface area contributed by atoms with Crippen LogP contribution in [0.2, 0.25) is 0 Å². The molecule has 0 radical (unpaired) electrons. The molecule has 8 heteroatoms. The van der Waals surface area contributed by atoms with Crippen LogP contribution in [0.25, 0.3) is 0 Å². The summed E-state index contributed by atoms with van der Waals surface area (Å²) in [5.41, 5.74) is -0.784. The van der Waals surface area contributed by atoms with Gasteiger partial charge < -0.3 is 25.2 Å². The van der Waals surface area contributed by atoms with E-state index in [2.05, 4.69) is 29.4 Å². The van der Waals surface area contributed by atoms with E-state index in [9.17, 15) is 14.7 Å². The summed E-state index contributed by atoms with van der Waals surface area (Å²) in [5.74, 6) is -0.377. The Morgan fingerprint density at radius 1 is 1.10 bits per heavy atom. The first-order chi connectivity index (χ1) is 13.7. The van der Waals surface area contributed by atoms with Crippen molar-refractivity contribution in [1.82, 2.24) is 15.5 Å². The lowest BCUT2D eigenvalue weighted by molar-refractivity contribution is -0.128. The number of aliphatic hydroxyl groups is 1. The van der Waals surface area contributed by atoms with Crippen molar-refractivity contribution in [3.05, 3.63) is 0 Å². The number of aliphatic hydroxyl groups excluding tert-OH is 1. The standard InChI is InChI=1S/C22H43N3O5/c1-15(2)17(13-18(26)16(3)24-20(28)30-21(4,5)6)19(27)23-14-22(7,8)25-9-11-29-12-10-25/h15-18,26H,9-14H2,1-8H3,(H,23,27)(H,24,28)/t16-,17-,18-/m0/s1. The average molecular weight is 430 g/mol. The molecule has 30 heavy (non-hydrogen) atoms. The molecule has 1 saturated heterocycles. The van der Waals surface area contributed by atoms with Gasteiger partial charge in [-0.05, 0) is 53.9 Å². The van der Waals surface area contributed by atoms with Gasteiger partial charge >= 0.3 is 6.09 Å². The Morgan fingerprint density at radius 2 is 1.67 bits per heavy atom. The highest BCUT2D eigenvalue weighted by Gasteiger charge is 2.32. The van der Waals surface area contributed by atoms with Crippen molar-refractivity contribution >= 4 is 12.0 Å². The van der Waals surface area contributed by atoms with Gasteiger partial charge in [-0.25, -0.2) is 4.79 Å². The molecule has 0 unspecified atom stereocenters. The van der Waals surface area contributed by atoms with Crippen LogP contribution in [-0.4, -0.2) is 78.1 Å². The fourth-order valence-electron chi connectivity index (χ4n) is 3.45. The smallest absolute Gasteiger partial charge is 0.407 e. The number of ether oxygens (including phenoxy) is 2. The van der Waals surface area contributed by atoms with E-state index >= 15 is 0 Å². The van der Waals surface area contributed by atoms with Crippen molar-refractivity contribution in [3.63, 3.8) is 0 Å². The lowest BCUT2D eigenvalue weighted by Crippen LogP contribution is -2.56. The summed E-state index contributed by atoms with van der Waals surface area (Å²) < 4.78 is 10.7. The maximum atomic E-state index is 12.9. The summed E-state index contributed by atoms with van der Waals surface area (Å²) in [5, 5.41) is 16.3. The van der Waals surface area contributed by atoms with Gasteiger partial charge in [0.15, 0.2) is 0 Å². The Hall–Kier alpha value is -1.38. The first-order valence-electron chi connectivity index (χ1n) is 11.0. The number of carbonyl (C=O) groups is 2. The number of alkyl carbamates (subject to hydrolysis) is 1. The quantitative estimate of drug-likeness (QED) is 0.519. The monoisotopic (exact) mass is 429 g/mol. The molecule has 3 atom stereocenters. The molecule has 0 spiro atoms. The molecular formula is C22H43N3O5. The number of hydrogen-bond donors (Lipinski definition) is 3. The molecule has 1 aliphatic heterocycles. The van der Waals surface area contributed by atoms with E-state index in [1.165, 1.54) is 0 Å². The molecule has 3 N–H and O–H groups in total. The Morgan fingerprint density at radius 3 is 2.17 bits per heavy atom. The zero-order valence-corrected chi connectivity index (χ0v) is 20.1. The van der Waals surface area contributed by atoms with Crippen molar-refractivity contribution < 1.29 is 24.2 Å². The molecule has 2 amide bonds. The SMILES string of the molecule is CC(C)[C@H](C[C@H](O)[C@H](C)NC(=O)OC(C)(C)C)C(=O)NCC(C)(C)N1CCOCC1. The molecule has 1 fully saturated rings. The first-order valence-corrected chi connectivity index (χ1v) is 11.0. The summed E-state index contributed by atoms with van der Waals surface area (Å²) in [4.78, 5) is 27.2. The highest BCUT2D eigenvalue weighted by atomic mass is 16.6. The molecular weight excluding hydrogens is 386 g/mol. The molecule has 1 heterocycles. The molecule has 1 rings (SSSR count). The molecule has 0 aromatic heterocycles. The van der Waals surface area contributed by atoms with Crippen LogP contribution in [0.3, 0.4) is 0 Å². The molecule has 0 saturated carbocycles. The van der Waals surface area contributed by atoms with Crippen molar-refractivity contribution in [1.29, 1.82) is 0 Å². The minimum absolute atomic E-state index is 0.0554. The highest BCUT2D eigenvalue weighted by molar-refractivity contribution is 5.79. The molecule has 0 aromatic carbocycles. The third-order valence-corrected chi connectivity index (χ3v) is 5.52. The van der Waals surface area contributed by atoms with Crippen LogP contribution in [0.1, 0.15) is 61.8 Å². The van der Waals surface area contributed by atoms with E-state index in [1.807, 2.05) is 13.8 Å². The van der Waals surface area contributed by atoms with Crippen LogP contribution >= 0.6 is 0 Å². The number of rotatable bonds is 9. The van der Waals surface area contributed by atoms with Gasteiger partial charge in [-0.2, -0.15) is 0 Å². The summed E-state index contributed by atoms with van der Waals surface area (Å²) >= 11 is 0. The predicted octanol–water partition coefficient (Wildman–Crippen LogP) is 2.15. The second kappa shape index (κ2) is 11.3. The van der Waals surface area contributed by atoms with Gasteiger partial charge in [0.2, 0.25) is 5.91 Å². The summed E-state index contributed by atoms with van der Waals surface area (Å²) in [6.07, 6.45) is -1.17. The van der Waals surface area contributed by atoms with Crippen molar-refractivity contribution in [2.75, 3.05) is 32.8 Å². The van der Waals surface area contributed by atoms with E-state index in [0.29, 0.717) is 19.8 Å². The van der Waals surface area contributed by atoms with E-state index in [0.717, 1.165) is 13.1 Å². The lowest BCUT2D eigenvalue weighted by Gasteiger charge is -2.41. The fraction of sp³-hybridized carbons (Fsp3) is 0.909. The molecule has 0 aromatic rings. The summed E-state index contributed by atoms with van der Waals surface area (Å²) in [7, 11) is 0. The average Bonchev–Trinajstić information content (AvgIpc) is 2.62. The largest absolute Gasteiger partial charge is 0.444 e. The van der Waals surface area contributed by atoms with E-state index < -0.39 is 23.8 Å². The van der Waals surface area contributed by atoms with Gasteiger partial charge in [-0.15, -0.1) is 0 Å². The highest BCUT2D eigenvalue weighted by Crippen LogP contribution is 2.21. The molecule has 1 aliphatic rings. The van der Waals surface area contributed by atoms with Gasteiger partial charge in [0.05, 0.1) is 25.4 Å². The van der Waals surface area contributed by atoms with Crippen LogP contribution in [0, 0.1) is 11.8 Å². The van der Waals surface area contributed by atoms with Crippen molar-refractivity contribution in [2.45, 2.75) is 85.1 Å². The number of nitrogens with one attached hydrogen (secondary N) is 2. The van der Waals surface area contributed by atoms with E-state index in [1.54, 1.807) is 27.7 Å². The molecule has 0 aliphatic carbocycles. The van der Waals surface area contributed by atoms with Crippen molar-refractivity contribution in [3.8, 4) is 0 Å². The second-order valence-corrected chi connectivity index (χ2v) is 10.2. The zero-order chi connectivity index (χ0) is 23.1. The normalized spacial score (nSPS) is 19.1. The van der Waals surface area contributed by atoms with Gasteiger partial charge in [-0.1, -0.05) is 13.8 Å². The molecule has 0 bridgehead atoms. The van der Waals surface area contributed by atoms with E-state index in [-0.39, 0.29) is 29.7 Å². The zero-order valence-electron chi connectivity index (χ0n) is 20.1. The third-order valence-electron chi connectivity index (χ3n) is 5.52. The fourth-order valence-corrected chi connectivity index (χ4v) is 3.45. The van der Waals surface area contributed by atoms with Crippen LogP contribution in [0.5, 0.6) is 0 Å². The maximum absolute atomic E-state index is 12.9. The lowest BCUT2D eigenvalue weighted by atomic mass is 9.87. The van der Waals surface area contributed by atoms with Gasteiger partial charge in [-0.3, -0.25) is 9.69 Å². The Bertz CT molecular complexity index is 553. The van der Waals surface area contributed by atoms with Gasteiger partial charge in [0.1, 0.15) is 5.60 Å². The first kappa shape index (κ1) is 26.7. The van der Waals surface area contributed by atoms with Crippen LogP contribution in [0.4, 0.5) is 4.79 Å². The Balaban J connectivity index is 2.60. The minimum Gasteiger partial charge on any atom is -0.444 e. The van der Waals surface area contributed by atoms with Crippen LogP contribution in [0.15, 0.2) is 0 Å². The van der Waals surface area contributed by atoms with Gasteiger partial charge in [0.25, 0.3) is 0 Å². The topological polar surface area (TPSA) is 100 Å². The minimum atomic E-state index is -0.858. The Labute approximate surface area is 182 Å². The predicted molar refractivity (Wildman–Crippen MR) is 117 cm³/mol. The number of carbonyl (C=O) groups excluding carboxylic acids is 2. The van der Waals surface area contributed by atoms with Crippen LogP contribution in [-0.2, 0) is 14.3 Å². The van der Waals surface area contributed by atoms with Gasteiger partial charge in [0, 0.05) is 31.1 Å². The second-order valence-electron chi connectivity index (χ2n) is 10.2. The Kier molecular flexibility index (Phi) is 10.0. The van der Waals surface area contributed by atoms with Crippen LogP contribution < -0.4 is 10.6 Å². The number of amides is 2. The van der Waals surface area contributed by atoms with E-state index in [4.69, 9.17) is 9.47 Å². The molecule has 176 valence electrons. The number of hydrogen-bond acceptors (Lipinski definition) is 6. The maximum Gasteiger partial charge on any atom is 0.407 e. The summed E-state index contributed by atoms with van der Waals surface area (Å²) in [6.45, 7) is 18.9.